The highest BCUT2D eigenvalue weighted by molar-refractivity contribution is 9.10. The Morgan fingerprint density at radius 3 is 2.57 bits per heavy atom. The Hall–Kier alpha value is -0.520. The van der Waals surface area contributed by atoms with Gasteiger partial charge < -0.3 is 10.1 Å². The molecular formula is C16H24BrNO2S. The number of ether oxygens (including phenoxy) is 1. The zero-order chi connectivity index (χ0) is 15.7. The first kappa shape index (κ1) is 18.5. The lowest BCUT2D eigenvalue weighted by molar-refractivity contribution is -0.150. The van der Waals surface area contributed by atoms with Gasteiger partial charge in [0.1, 0.15) is 5.54 Å². The molecule has 0 fully saturated rings. The molecule has 118 valence electrons. The van der Waals surface area contributed by atoms with E-state index in [1.54, 1.807) is 0 Å². The predicted octanol–water partition coefficient (Wildman–Crippen LogP) is 4.25. The molecule has 0 saturated heterocycles. The van der Waals surface area contributed by atoms with Crippen molar-refractivity contribution >= 4 is 33.7 Å². The lowest BCUT2D eigenvalue weighted by Crippen LogP contribution is -2.48. The second-order valence-electron chi connectivity index (χ2n) is 5.06. The van der Waals surface area contributed by atoms with E-state index in [9.17, 15) is 4.79 Å². The third kappa shape index (κ3) is 6.41. The van der Waals surface area contributed by atoms with Crippen molar-refractivity contribution in [2.24, 2.45) is 0 Å². The number of carbonyl (C=O) groups is 1. The molecule has 1 aromatic carbocycles. The van der Waals surface area contributed by atoms with Crippen LogP contribution < -0.4 is 5.32 Å². The Labute approximate surface area is 140 Å². The van der Waals surface area contributed by atoms with Crippen molar-refractivity contribution < 1.29 is 9.53 Å². The number of esters is 1. The molecule has 0 saturated carbocycles. The van der Waals surface area contributed by atoms with E-state index in [1.165, 1.54) is 4.90 Å². The van der Waals surface area contributed by atoms with Gasteiger partial charge in [0, 0.05) is 9.37 Å². The average Bonchev–Trinajstić information content (AvgIpc) is 2.48. The fourth-order valence-corrected chi connectivity index (χ4v) is 3.10. The Kier molecular flexibility index (Phi) is 8.37. The van der Waals surface area contributed by atoms with E-state index in [0.29, 0.717) is 6.61 Å². The highest BCUT2D eigenvalue weighted by Crippen LogP contribution is 2.23. The van der Waals surface area contributed by atoms with Gasteiger partial charge in [-0.05, 0) is 63.8 Å². The van der Waals surface area contributed by atoms with Gasteiger partial charge in [-0.25, -0.2) is 0 Å². The standard InChI is InChI=1S/C16H24BrNO2S/c1-4-20-15(19)16(2,18-3)11-5-6-12-21-14-9-7-13(17)8-10-14/h7-10,18H,4-6,11-12H2,1-3H3. The number of hydrogen-bond acceptors (Lipinski definition) is 4. The molecule has 1 unspecified atom stereocenters. The normalized spacial score (nSPS) is 13.7. The lowest BCUT2D eigenvalue weighted by atomic mass is 9.95. The molecule has 0 aromatic heterocycles. The van der Waals surface area contributed by atoms with E-state index in [1.807, 2.05) is 32.7 Å². The molecular weight excluding hydrogens is 350 g/mol. The molecule has 0 aliphatic carbocycles. The summed E-state index contributed by atoms with van der Waals surface area (Å²) in [5.41, 5.74) is -0.571. The summed E-state index contributed by atoms with van der Waals surface area (Å²) in [5.74, 6) is 0.901. The molecule has 21 heavy (non-hydrogen) atoms. The van der Waals surface area contributed by atoms with Gasteiger partial charge in [-0.15, -0.1) is 11.8 Å². The van der Waals surface area contributed by atoms with Crippen molar-refractivity contribution in [2.45, 2.75) is 43.5 Å². The van der Waals surface area contributed by atoms with Gasteiger partial charge >= 0.3 is 5.97 Å². The van der Waals surface area contributed by atoms with Crippen molar-refractivity contribution in [1.29, 1.82) is 0 Å². The van der Waals surface area contributed by atoms with Crippen molar-refractivity contribution in [1.82, 2.24) is 5.32 Å². The van der Waals surface area contributed by atoms with Gasteiger partial charge in [0.15, 0.2) is 0 Å². The fraction of sp³-hybridized carbons (Fsp3) is 0.562. The molecule has 0 bridgehead atoms. The summed E-state index contributed by atoms with van der Waals surface area (Å²) >= 11 is 5.28. The van der Waals surface area contributed by atoms with Crippen LogP contribution in [0.1, 0.15) is 33.1 Å². The summed E-state index contributed by atoms with van der Waals surface area (Å²) in [4.78, 5) is 13.2. The minimum atomic E-state index is -0.571. The van der Waals surface area contributed by atoms with Gasteiger partial charge in [-0.3, -0.25) is 4.79 Å². The Morgan fingerprint density at radius 2 is 2.00 bits per heavy atom. The second-order valence-corrected chi connectivity index (χ2v) is 7.15. The number of carbonyl (C=O) groups excluding carboxylic acids is 1. The van der Waals surface area contributed by atoms with Gasteiger partial charge in [-0.1, -0.05) is 22.4 Å². The summed E-state index contributed by atoms with van der Waals surface area (Å²) in [7, 11) is 1.81. The number of rotatable bonds is 9. The number of unbranched alkanes of at least 4 members (excludes halogenated alkanes) is 1. The number of halogens is 1. The third-order valence-corrected chi connectivity index (χ3v) is 5.06. The summed E-state index contributed by atoms with van der Waals surface area (Å²) in [6, 6.07) is 8.35. The predicted molar refractivity (Wildman–Crippen MR) is 92.8 cm³/mol. The first-order valence-corrected chi connectivity index (χ1v) is 9.04. The highest BCUT2D eigenvalue weighted by Gasteiger charge is 2.32. The molecule has 5 heteroatoms. The molecule has 1 atom stereocenters. The first-order valence-electron chi connectivity index (χ1n) is 7.26. The van der Waals surface area contributed by atoms with Gasteiger partial charge in [0.25, 0.3) is 0 Å². The Bertz CT molecular complexity index is 438. The number of nitrogens with one attached hydrogen (secondary N) is 1. The van der Waals surface area contributed by atoms with Crippen molar-refractivity contribution in [3.63, 3.8) is 0 Å². The first-order chi connectivity index (χ1) is 10.0. The maximum atomic E-state index is 11.9. The van der Waals surface area contributed by atoms with E-state index in [-0.39, 0.29) is 5.97 Å². The number of thioether (sulfide) groups is 1. The van der Waals surface area contributed by atoms with E-state index < -0.39 is 5.54 Å². The summed E-state index contributed by atoms with van der Waals surface area (Å²) in [6.45, 7) is 4.17. The van der Waals surface area contributed by atoms with Crippen molar-refractivity contribution in [2.75, 3.05) is 19.4 Å². The van der Waals surface area contributed by atoms with Gasteiger partial charge in [-0.2, -0.15) is 0 Å². The van der Waals surface area contributed by atoms with Crippen LogP contribution in [0.15, 0.2) is 33.6 Å². The molecule has 0 amide bonds. The lowest BCUT2D eigenvalue weighted by Gasteiger charge is -2.26. The second kappa shape index (κ2) is 9.49. The Balaban J connectivity index is 2.28. The smallest absolute Gasteiger partial charge is 0.326 e. The van der Waals surface area contributed by atoms with Crippen LogP contribution in [0.25, 0.3) is 0 Å². The molecule has 0 heterocycles. The van der Waals surface area contributed by atoms with Crippen LogP contribution in [-0.2, 0) is 9.53 Å². The van der Waals surface area contributed by atoms with E-state index >= 15 is 0 Å². The van der Waals surface area contributed by atoms with E-state index in [0.717, 1.165) is 29.5 Å². The monoisotopic (exact) mass is 373 g/mol. The summed E-state index contributed by atoms with van der Waals surface area (Å²) in [5, 5.41) is 3.09. The minimum Gasteiger partial charge on any atom is -0.465 e. The summed E-state index contributed by atoms with van der Waals surface area (Å²) in [6.07, 6.45) is 2.88. The molecule has 0 aliphatic rings. The molecule has 0 spiro atoms. The van der Waals surface area contributed by atoms with Crippen LogP contribution in [0.4, 0.5) is 0 Å². The summed E-state index contributed by atoms with van der Waals surface area (Å²) < 4.78 is 6.23. The van der Waals surface area contributed by atoms with Crippen LogP contribution >= 0.6 is 27.7 Å². The SMILES string of the molecule is CCOC(=O)C(C)(CCCCSc1ccc(Br)cc1)NC. The van der Waals surface area contributed by atoms with Gasteiger partial charge in [0.2, 0.25) is 0 Å². The van der Waals surface area contributed by atoms with E-state index in [2.05, 4.69) is 45.5 Å². The van der Waals surface area contributed by atoms with Gasteiger partial charge in [0.05, 0.1) is 6.61 Å². The zero-order valence-electron chi connectivity index (χ0n) is 12.9. The Morgan fingerprint density at radius 1 is 1.33 bits per heavy atom. The maximum Gasteiger partial charge on any atom is 0.326 e. The molecule has 1 aromatic rings. The van der Waals surface area contributed by atoms with Crippen molar-refractivity contribution in [3.05, 3.63) is 28.7 Å². The number of benzene rings is 1. The van der Waals surface area contributed by atoms with Crippen LogP contribution in [0.2, 0.25) is 0 Å². The van der Waals surface area contributed by atoms with E-state index in [4.69, 9.17) is 4.74 Å². The quantitative estimate of drug-likeness (QED) is 0.398. The molecule has 0 aliphatic heterocycles. The largest absolute Gasteiger partial charge is 0.465 e. The minimum absolute atomic E-state index is 0.159. The van der Waals surface area contributed by atoms with Crippen LogP contribution in [-0.4, -0.2) is 30.9 Å². The molecule has 1 rings (SSSR count). The maximum absolute atomic E-state index is 11.9. The van der Waals surface area contributed by atoms with Crippen LogP contribution in [0.3, 0.4) is 0 Å². The van der Waals surface area contributed by atoms with Crippen LogP contribution in [0, 0.1) is 0 Å². The molecule has 0 radical (unpaired) electrons. The topological polar surface area (TPSA) is 38.3 Å². The number of likely N-dealkylation sites (N-methyl/N-ethyl adjacent to an activating group) is 1. The fourth-order valence-electron chi connectivity index (χ4n) is 1.92. The number of hydrogen-bond donors (Lipinski definition) is 1. The van der Waals surface area contributed by atoms with Crippen LogP contribution in [0.5, 0.6) is 0 Å². The zero-order valence-corrected chi connectivity index (χ0v) is 15.4. The third-order valence-electron chi connectivity index (χ3n) is 3.43. The highest BCUT2D eigenvalue weighted by atomic mass is 79.9. The molecule has 3 nitrogen and oxygen atoms in total. The average molecular weight is 374 g/mol. The van der Waals surface area contributed by atoms with Crippen molar-refractivity contribution in [3.8, 4) is 0 Å². The molecule has 1 N–H and O–H groups in total.